The molecule has 1 rings (SSSR count). The molecule has 1 fully saturated rings. The molecule has 0 aromatic heterocycles. The average molecular weight is 120 g/mol. The van der Waals surface area contributed by atoms with Crippen LogP contribution in [-0.4, -0.2) is 25.3 Å². The fourth-order valence-corrected chi connectivity index (χ4v) is 0.688. The van der Waals surface area contributed by atoms with E-state index in [1.807, 2.05) is 0 Å². The molecule has 0 saturated carbocycles. The topological polar surface area (TPSA) is 18.5 Å². The van der Waals surface area contributed by atoms with Gasteiger partial charge >= 0.3 is 0 Å². The molecule has 1 atom stereocenters. The van der Waals surface area contributed by atoms with Crippen molar-refractivity contribution in [3.8, 4) is 0 Å². The van der Waals surface area contributed by atoms with E-state index in [4.69, 9.17) is 9.47 Å². The van der Waals surface area contributed by atoms with Crippen LogP contribution < -0.4 is 0 Å². The largest absolute Gasteiger partial charge is 0.353 e. The van der Waals surface area contributed by atoms with Crippen LogP contribution in [0.25, 0.3) is 0 Å². The molecule has 1 unspecified atom stereocenters. The first-order chi connectivity index (χ1) is 3.43. The minimum Gasteiger partial charge on any atom is -0.353 e. The van der Waals surface area contributed by atoms with Gasteiger partial charge in [0.15, 0.2) is 0 Å². The first kappa shape index (κ1) is 5.41. The van der Waals surface area contributed by atoms with Gasteiger partial charge < -0.3 is 9.47 Å². The van der Waals surface area contributed by atoms with Gasteiger partial charge in [0.1, 0.15) is 6.79 Å². The Morgan fingerprint density at radius 3 is 2.86 bits per heavy atom. The number of rotatable bonds is 1. The minimum atomic E-state index is 0.239. The molecular formula is C4H8O2S. The van der Waals surface area contributed by atoms with Crippen LogP contribution in [0.4, 0.5) is 0 Å². The lowest BCUT2D eigenvalue weighted by molar-refractivity contribution is 0.0525. The van der Waals surface area contributed by atoms with Gasteiger partial charge in [-0.25, -0.2) is 0 Å². The summed E-state index contributed by atoms with van der Waals surface area (Å²) >= 11 is 4.01. The van der Waals surface area contributed by atoms with E-state index in [1.54, 1.807) is 0 Å². The number of thiol groups is 1. The van der Waals surface area contributed by atoms with Crippen LogP contribution in [0.1, 0.15) is 0 Å². The number of ether oxygens (including phenoxy) is 2. The lowest BCUT2D eigenvalue weighted by Gasteiger charge is -1.97. The molecule has 0 N–H and O–H groups in total. The second-order valence-corrected chi connectivity index (χ2v) is 1.83. The Kier molecular flexibility index (Phi) is 1.97. The van der Waals surface area contributed by atoms with Crippen molar-refractivity contribution in [1.29, 1.82) is 0 Å². The molecule has 7 heavy (non-hydrogen) atoms. The molecule has 1 heterocycles. The third-order valence-electron chi connectivity index (χ3n) is 0.894. The fourth-order valence-electron chi connectivity index (χ4n) is 0.477. The van der Waals surface area contributed by atoms with Gasteiger partial charge in [0.2, 0.25) is 0 Å². The van der Waals surface area contributed by atoms with Gasteiger partial charge in [0, 0.05) is 5.75 Å². The van der Waals surface area contributed by atoms with Crippen LogP contribution in [-0.2, 0) is 9.47 Å². The fraction of sp³-hybridized carbons (Fsp3) is 1.00. The maximum atomic E-state index is 5.00. The maximum Gasteiger partial charge on any atom is 0.147 e. The molecule has 2 nitrogen and oxygen atoms in total. The van der Waals surface area contributed by atoms with E-state index in [1.165, 1.54) is 0 Å². The van der Waals surface area contributed by atoms with Gasteiger partial charge in [-0.15, -0.1) is 0 Å². The average Bonchev–Trinajstić information content (AvgIpc) is 2.14. The number of hydrogen-bond donors (Lipinski definition) is 1. The van der Waals surface area contributed by atoms with Gasteiger partial charge in [0.05, 0.1) is 12.7 Å². The van der Waals surface area contributed by atoms with E-state index >= 15 is 0 Å². The Morgan fingerprint density at radius 2 is 2.57 bits per heavy atom. The number of hydrogen-bond acceptors (Lipinski definition) is 3. The summed E-state index contributed by atoms with van der Waals surface area (Å²) in [6, 6.07) is 0. The molecule has 0 aliphatic carbocycles. The summed E-state index contributed by atoms with van der Waals surface area (Å²) in [6.07, 6.45) is 0.239. The first-order valence-electron chi connectivity index (χ1n) is 2.23. The zero-order valence-corrected chi connectivity index (χ0v) is 4.86. The zero-order chi connectivity index (χ0) is 5.11. The van der Waals surface area contributed by atoms with Crippen LogP contribution in [0.15, 0.2) is 0 Å². The smallest absolute Gasteiger partial charge is 0.147 e. The Labute approximate surface area is 48.2 Å². The molecular weight excluding hydrogens is 112 g/mol. The summed E-state index contributed by atoms with van der Waals surface area (Å²) in [5, 5.41) is 0. The molecule has 42 valence electrons. The van der Waals surface area contributed by atoms with E-state index in [-0.39, 0.29) is 6.10 Å². The Balaban J connectivity index is 2.14. The summed E-state index contributed by atoms with van der Waals surface area (Å²) < 4.78 is 9.88. The van der Waals surface area contributed by atoms with Crippen molar-refractivity contribution in [1.82, 2.24) is 0 Å². The van der Waals surface area contributed by atoms with Crippen molar-refractivity contribution < 1.29 is 9.47 Å². The Hall–Kier alpha value is 0.270. The van der Waals surface area contributed by atoms with E-state index in [0.29, 0.717) is 13.4 Å². The quantitative estimate of drug-likeness (QED) is 0.501. The van der Waals surface area contributed by atoms with Gasteiger partial charge in [-0.05, 0) is 0 Å². The van der Waals surface area contributed by atoms with Crippen molar-refractivity contribution >= 4 is 12.6 Å². The minimum absolute atomic E-state index is 0.239. The van der Waals surface area contributed by atoms with Crippen LogP contribution in [0.2, 0.25) is 0 Å². The molecule has 3 heteroatoms. The summed E-state index contributed by atoms with van der Waals surface area (Å²) in [4.78, 5) is 0. The summed E-state index contributed by atoms with van der Waals surface area (Å²) in [6.45, 7) is 1.16. The lowest BCUT2D eigenvalue weighted by Crippen LogP contribution is -2.09. The predicted octanol–water partition coefficient (Wildman–Crippen LogP) is 0.289. The van der Waals surface area contributed by atoms with Gasteiger partial charge in [-0.2, -0.15) is 12.6 Å². The highest BCUT2D eigenvalue weighted by atomic mass is 32.1. The molecule has 0 amide bonds. The van der Waals surface area contributed by atoms with Crippen LogP contribution in [0.3, 0.4) is 0 Å². The molecule has 0 spiro atoms. The first-order valence-corrected chi connectivity index (χ1v) is 2.87. The second-order valence-electron chi connectivity index (χ2n) is 1.46. The molecule has 0 bridgehead atoms. The van der Waals surface area contributed by atoms with Gasteiger partial charge in [-0.3, -0.25) is 0 Å². The molecule has 0 radical (unpaired) electrons. The predicted molar refractivity (Wildman–Crippen MR) is 29.5 cm³/mol. The van der Waals surface area contributed by atoms with Crippen LogP contribution >= 0.6 is 12.6 Å². The standard InChI is InChI=1S/C4H8O2S/c7-2-4-1-5-3-6-4/h4,7H,1-3H2. The highest BCUT2D eigenvalue weighted by Crippen LogP contribution is 2.02. The van der Waals surface area contributed by atoms with Gasteiger partial charge in [-0.1, -0.05) is 0 Å². The Morgan fingerprint density at radius 1 is 1.71 bits per heavy atom. The summed E-state index contributed by atoms with van der Waals surface area (Å²) in [7, 11) is 0. The van der Waals surface area contributed by atoms with Crippen molar-refractivity contribution in [3.05, 3.63) is 0 Å². The van der Waals surface area contributed by atoms with Crippen LogP contribution in [0.5, 0.6) is 0 Å². The zero-order valence-electron chi connectivity index (χ0n) is 3.96. The highest BCUT2D eigenvalue weighted by Gasteiger charge is 2.12. The maximum absolute atomic E-state index is 5.00. The molecule has 1 aliphatic heterocycles. The van der Waals surface area contributed by atoms with Crippen molar-refractivity contribution in [3.63, 3.8) is 0 Å². The van der Waals surface area contributed by atoms with Crippen LogP contribution in [0, 0.1) is 0 Å². The van der Waals surface area contributed by atoms with Gasteiger partial charge in [0.25, 0.3) is 0 Å². The van der Waals surface area contributed by atoms with E-state index < -0.39 is 0 Å². The second kappa shape index (κ2) is 2.55. The Bertz CT molecular complexity index is 51.7. The molecule has 0 aromatic rings. The van der Waals surface area contributed by atoms with Crippen molar-refractivity contribution in [2.75, 3.05) is 19.2 Å². The molecule has 0 aromatic carbocycles. The van der Waals surface area contributed by atoms with Crippen molar-refractivity contribution in [2.24, 2.45) is 0 Å². The van der Waals surface area contributed by atoms with E-state index in [9.17, 15) is 0 Å². The normalized spacial score (nSPS) is 31.3. The van der Waals surface area contributed by atoms with E-state index in [2.05, 4.69) is 12.6 Å². The molecule has 1 aliphatic rings. The summed E-state index contributed by atoms with van der Waals surface area (Å²) in [5.74, 6) is 0.764. The monoisotopic (exact) mass is 120 g/mol. The SMILES string of the molecule is SCC1COCO1. The molecule has 1 saturated heterocycles. The van der Waals surface area contributed by atoms with Crippen molar-refractivity contribution in [2.45, 2.75) is 6.10 Å². The third-order valence-corrected chi connectivity index (χ3v) is 1.30. The summed E-state index contributed by atoms with van der Waals surface area (Å²) in [5.41, 5.74) is 0. The van der Waals surface area contributed by atoms with E-state index in [0.717, 1.165) is 5.75 Å². The third kappa shape index (κ3) is 1.33. The lowest BCUT2D eigenvalue weighted by atomic mass is 10.4. The highest BCUT2D eigenvalue weighted by molar-refractivity contribution is 7.80.